The Labute approximate surface area is 171 Å². The molecule has 0 aliphatic rings. The summed E-state index contributed by atoms with van der Waals surface area (Å²) < 4.78 is 10.6. The van der Waals surface area contributed by atoms with Gasteiger partial charge in [-0.3, -0.25) is 0 Å². The molecule has 0 fully saturated rings. The standard InChI is InChI=1S/C22H20N4O4/c1-3-13(2)23-22(28)24-16-10-8-14(9-11-16)19-25-20(30-26-19)17-12-15-6-4-5-7-18(15)29-21(17)27/h4-13H,3H2,1-2H3,(H2,23,24,28)/t13-/m0/s1. The third-order valence-electron chi connectivity index (χ3n) is 4.69. The Morgan fingerprint density at radius 2 is 1.90 bits per heavy atom. The summed E-state index contributed by atoms with van der Waals surface area (Å²) >= 11 is 0. The Hall–Kier alpha value is -3.94. The maximum absolute atomic E-state index is 12.3. The third-order valence-corrected chi connectivity index (χ3v) is 4.69. The van der Waals surface area contributed by atoms with E-state index in [1.807, 2.05) is 26.0 Å². The van der Waals surface area contributed by atoms with Gasteiger partial charge >= 0.3 is 11.7 Å². The lowest BCUT2D eigenvalue weighted by Crippen LogP contribution is -2.35. The molecule has 0 bridgehead atoms. The van der Waals surface area contributed by atoms with Crippen LogP contribution >= 0.6 is 0 Å². The maximum Gasteiger partial charge on any atom is 0.349 e. The van der Waals surface area contributed by atoms with Gasteiger partial charge in [-0.1, -0.05) is 30.3 Å². The van der Waals surface area contributed by atoms with Crippen LogP contribution in [0.5, 0.6) is 0 Å². The minimum atomic E-state index is -0.546. The molecule has 0 aliphatic heterocycles. The molecule has 8 heteroatoms. The molecule has 2 N–H and O–H groups in total. The molecular formula is C22H20N4O4. The fraction of sp³-hybridized carbons (Fsp3) is 0.182. The molecule has 2 amide bonds. The zero-order valence-corrected chi connectivity index (χ0v) is 16.5. The summed E-state index contributed by atoms with van der Waals surface area (Å²) in [5, 5.41) is 10.3. The molecule has 0 aliphatic carbocycles. The van der Waals surface area contributed by atoms with Gasteiger partial charge in [-0.25, -0.2) is 9.59 Å². The molecular weight excluding hydrogens is 384 g/mol. The normalized spacial score (nSPS) is 11.9. The van der Waals surface area contributed by atoms with Crippen LogP contribution in [0.15, 0.2) is 68.3 Å². The Morgan fingerprint density at radius 1 is 1.13 bits per heavy atom. The molecule has 0 saturated heterocycles. The molecule has 1 atom stereocenters. The van der Waals surface area contributed by atoms with Gasteiger partial charge in [0, 0.05) is 22.7 Å². The van der Waals surface area contributed by atoms with Crippen LogP contribution in [0.1, 0.15) is 20.3 Å². The van der Waals surface area contributed by atoms with Crippen molar-refractivity contribution in [3.63, 3.8) is 0 Å². The number of hydrogen-bond donors (Lipinski definition) is 2. The topological polar surface area (TPSA) is 110 Å². The predicted molar refractivity (Wildman–Crippen MR) is 113 cm³/mol. The van der Waals surface area contributed by atoms with Crippen molar-refractivity contribution in [2.45, 2.75) is 26.3 Å². The number of carbonyl (C=O) groups is 1. The monoisotopic (exact) mass is 404 g/mol. The quantitative estimate of drug-likeness (QED) is 0.476. The zero-order valence-electron chi connectivity index (χ0n) is 16.5. The number of nitrogens with one attached hydrogen (secondary N) is 2. The van der Waals surface area contributed by atoms with Crippen LogP contribution in [-0.4, -0.2) is 22.2 Å². The number of amides is 2. The summed E-state index contributed by atoms with van der Waals surface area (Å²) in [4.78, 5) is 28.5. The highest BCUT2D eigenvalue weighted by molar-refractivity contribution is 5.89. The smallest absolute Gasteiger partial charge is 0.349 e. The van der Waals surface area contributed by atoms with E-state index in [9.17, 15) is 9.59 Å². The fourth-order valence-corrected chi connectivity index (χ4v) is 2.86. The molecule has 8 nitrogen and oxygen atoms in total. The molecule has 2 heterocycles. The average Bonchev–Trinajstić information content (AvgIpc) is 3.23. The number of aromatic nitrogens is 2. The van der Waals surface area contributed by atoms with Crippen molar-refractivity contribution in [3.8, 4) is 22.8 Å². The van der Waals surface area contributed by atoms with E-state index < -0.39 is 5.63 Å². The van der Waals surface area contributed by atoms with Crippen molar-refractivity contribution < 1.29 is 13.7 Å². The first kappa shape index (κ1) is 19.4. The molecule has 2 aromatic heterocycles. The lowest BCUT2D eigenvalue weighted by molar-refractivity contribution is 0.249. The Morgan fingerprint density at radius 3 is 2.67 bits per heavy atom. The largest absolute Gasteiger partial charge is 0.422 e. The summed E-state index contributed by atoms with van der Waals surface area (Å²) in [6.45, 7) is 3.94. The lowest BCUT2D eigenvalue weighted by Gasteiger charge is -2.12. The lowest BCUT2D eigenvalue weighted by atomic mass is 10.2. The summed E-state index contributed by atoms with van der Waals surface area (Å²) in [6.07, 6.45) is 0.849. The van der Waals surface area contributed by atoms with Crippen molar-refractivity contribution in [3.05, 3.63) is 65.0 Å². The van der Waals surface area contributed by atoms with Crippen molar-refractivity contribution in [2.75, 3.05) is 5.32 Å². The Bertz CT molecular complexity index is 1240. The van der Waals surface area contributed by atoms with E-state index in [2.05, 4.69) is 20.8 Å². The second kappa shape index (κ2) is 8.20. The Kier molecular flexibility index (Phi) is 5.30. The summed E-state index contributed by atoms with van der Waals surface area (Å²) in [5.41, 5.74) is 1.47. The highest BCUT2D eigenvalue weighted by atomic mass is 16.5. The van der Waals surface area contributed by atoms with Crippen LogP contribution in [0.4, 0.5) is 10.5 Å². The first-order valence-electron chi connectivity index (χ1n) is 9.58. The number of anilines is 1. The molecule has 0 saturated carbocycles. The van der Waals surface area contributed by atoms with E-state index in [0.29, 0.717) is 22.7 Å². The van der Waals surface area contributed by atoms with Gasteiger partial charge in [0.1, 0.15) is 11.1 Å². The van der Waals surface area contributed by atoms with Gasteiger partial charge in [-0.15, -0.1) is 0 Å². The van der Waals surface area contributed by atoms with E-state index in [0.717, 1.165) is 11.8 Å². The van der Waals surface area contributed by atoms with E-state index in [-0.39, 0.29) is 23.5 Å². The highest BCUT2D eigenvalue weighted by Crippen LogP contribution is 2.24. The molecule has 4 rings (SSSR count). The SMILES string of the molecule is CC[C@H](C)NC(=O)Nc1ccc(-c2noc(-c3cc4ccccc4oc3=O)n2)cc1. The van der Waals surface area contributed by atoms with Crippen LogP contribution in [0.2, 0.25) is 0 Å². The minimum Gasteiger partial charge on any atom is -0.422 e. The highest BCUT2D eigenvalue weighted by Gasteiger charge is 2.16. The number of carbonyl (C=O) groups excluding carboxylic acids is 1. The Balaban J connectivity index is 1.54. The number of fused-ring (bicyclic) bond motifs is 1. The van der Waals surface area contributed by atoms with Crippen molar-refractivity contribution in [1.29, 1.82) is 0 Å². The van der Waals surface area contributed by atoms with Crippen LogP contribution < -0.4 is 16.3 Å². The van der Waals surface area contributed by atoms with Crippen LogP contribution in [0, 0.1) is 0 Å². The summed E-state index contributed by atoms with van der Waals surface area (Å²) in [7, 11) is 0. The number of benzene rings is 2. The summed E-state index contributed by atoms with van der Waals surface area (Å²) in [5.74, 6) is 0.410. The van der Waals surface area contributed by atoms with Gasteiger partial charge in [0.05, 0.1) is 0 Å². The van der Waals surface area contributed by atoms with Crippen molar-refractivity contribution >= 4 is 22.7 Å². The first-order chi connectivity index (χ1) is 14.5. The molecule has 0 spiro atoms. The van der Waals surface area contributed by atoms with Gasteiger partial charge < -0.3 is 19.6 Å². The first-order valence-corrected chi connectivity index (χ1v) is 9.58. The van der Waals surface area contributed by atoms with Gasteiger partial charge in [-0.2, -0.15) is 4.98 Å². The molecule has 0 unspecified atom stereocenters. The number of urea groups is 1. The van der Waals surface area contributed by atoms with Gasteiger partial charge in [0.15, 0.2) is 0 Å². The zero-order chi connectivity index (χ0) is 21.1. The van der Waals surface area contributed by atoms with Crippen LogP contribution in [0.25, 0.3) is 33.8 Å². The second-order valence-electron chi connectivity index (χ2n) is 6.89. The second-order valence-corrected chi connectivity index (χ2v) is 6.89. The number of rotatable bonds is 5. The molecule has 0 radical (unpaired) electrons. The third kappa shape index (κ3) is 4.07. The maximum atomic E-state index is 12.3. The van der Waals surface area contributed by atoms with Gasteiger partial charge in [0.2, 0.25) is 5.82 Å². The number of hydrogen-bond acceptors (Lipinski definition) is 6. The molecule has 30 heavy (non-hydrogen) atoms. The molecule has 152 valence electrons. The van der Waals surface area contributed by atoms with E-state index >= 15 is 0 Å². The van der Waals surface area contributed by atoms with Crippen LogP contribution in [-0.2, 0) is 0 Å². The van der Waals surface area contributed by atoms with E-state index in [1.54, 1.807) is 42.5 Å². The molecule has 4 aromatic rings. The average molecular weight is 404 g/mol. The molecule has 2 aromatic carbocycles. The fourth-order valence-electron chi connectivity index (χ4n) is 2.86. The minimum absolute atomic E-state index is 0.0830. The summed E-state index contributed by atoms with van der Waals surface area (Å²) in [6, 6.07) is 15.7. The van der Waals surface area contributed by atoms with E-state index in [4.69, 9.17) is 8.94 Å². The number of nitrogens with zero attached hydrogens (tertiary/aromatic N) is 2. The van der Waals surface area contributed by atoms with Gasteiger partial charge in [-0.05, 0) is 49.7 Å². The van der Waals surface area contributed by atoms with Gasteiger partial charge in [0.25, 0.3) is 5.89 Å². The van der Waals surface area contributed by atoms with Crippen molar-refractivity contribution in [2.24, 2.45) is 0 Å². The van der Waals surface area contributed by atoms with Crippen molar-refractivity contribution in [1.82, 2.24) is 15.5 Å². The van der Waals surface area contributed by atoms with E-state index in [1.165, 1.54) is 0 Å². The van der Waals surface area contributed by atoms with Crippen LogP contribution in [0.3, 0.4) is 0 Å². The number of para-hydroxylation sites is 1. The predicted octanol–water partition coefficient (Wildman–Crippen LogP) is 4.43.